The van der Waals surface area contributed by atoms with E-state index in [1.165, 1.54) is 6.20 Å². The molecule has 0 aliphatic rings. The number of nitrogen functional groups attached to an aromatic ring is 1. The number of fused-ring (bicyclic) bond motifs is 1. The van der Waals surface area contributed by atoms with Gasteiger partial charge in [-0.15, -0.1) is 0 Å². The van der Waals surface area contributed by atoms with Gasteiger partial charge in [0.1, 0.15) is 5.82 Å². The first-order chi connectivity index (χ1) is 9.74. The van der Waals surface area contributed by atoms with E-state index in [0.29, 0.717) is 11.4 Å². The number of nitrogens with one attached hydrogen (secondary N) is 1. The Balaban J connectivity index is 1.95. The van der Waals surface area contributed by atoms with Gasteiger partial charge in [-0.3, -0.25) is 9.78 Å². The first kappa shape index (κ1) is 12.1. The van der Waals surface area contributed by atoms with Gasteiger partial charge in [0, 0.05) is 40.6 Å². The van der Waals surface area contributed by atoms with Crippen molar-refractivity contribution in [2.45, 2.75) is 0 Å². The zero-order chi connectivity index (χ0) is 13.9. The summed E-state index contributed by atoms with van der Waals surface area (Å²) in [4.78, 5) is 20.1. The number of nitrogens with zero attached hydrogens (tertiary/aromatic N) is 2. The highest BCUT2D eigenvalue weighted by atomic mass is 16.1. The van der Waals surface area contributed by atoms with Gasteiger partial charge in [-0.2, -0.15) is 0 Å². The molecule has 0 unspecified atom stereocenters. The van der Waals surface area contributed by atoms with Crippen LogP contribution in [0.2, 0.25) is 0 Å². The monoisotopic (exact) mass is 264 g/mol. The Kier molecular flexibility index (Phi) is 3.01. The molecule has 0 saturated heterocycles. The molecule has 3 N–H and O–H groups in total. The molecule has 0 aliphatic carbocycles. The molecule has 0 aliphatic heterocycles. The van der Waals surface area contributed by atoms with Crippen molar-refractivity contribution in [3.63, 3.8) is 0 Å². The second-order valence-electron chi connectivity index (χ2n) is 4.33. The van der Waals surface area contributed by atoms with Crippen LogP contribution in [0.1, 0.15) is 10.4 Å². The minimum absolute atomic E-state index is 0.219. The van der Waals surface area contributed by atoms with Crippen LogP contribution in [0.3, 0.4) is 0 Å². The SMILES string of the molecule is Nc1cc(C(=O)Nc2cccc3cnccc23)ccn1. The zero-order valence-electron chi connectivity index (χ0n) is 10.6. The first-order valence-electron chi connectivity index (χ1n) is 6.10. The summed E-state index contributed by atoms with van der Waals surface area (Å²) in [5, 5.41) is 4.79. The second kappa shape index (κ2) is 4.97. The quantitative estimate of drug-likeness (QED) is 0.745. The van der Waals surface area contributed by atoms with Crippen LogP contribution in [0.5, 0.6) is 0 Å². The summed E-state index contributed by atoms with van der Waals surface area (Å²) in [6, 6.07) is 10.7. The number of benzene rings is 1. The first-order valence-corrected chi connectivity index (χ1v) is 6.10. The van der Waals surface area contributed by atoms with E-state index in [2.05, 4.69) is 15.3 Å². The fourth-order valence-electron chi connectivity index (χ4n) is 2.02. The van der Waals surface area contributed by atoms with Gasteiger partial charge in [0.15, 0.2) is 0 Å². The standard InChI is InChI=1S/C15H12N4O/c16-14-8-10(4-7-18-14)15(20)19-13-3-1-2-11-9-17-6-5-12(11)13/h1-9H,(H2,16,18)(H,19,20). The summed E-state index contributed by atoms with van der Waals surface area (Å²) >= 11 is 0. The third-order valence-electron chi connectivity index (χ3n) is 2.97. The van der Waals surface area contributed by atoms with Crippen LogP contribution in [-0.2, 0) is 0 Å². The number of nitrogens with two attached hydrogens (primary N) is 1. The highest BCUT2D eigenvalue weighted by Crippen LogP contribution is 2.22. The minimum atomic E-state index is -0.219. The van der Waals surface area contributed by atoms with Crippen LogP contribution in [0, 0.1) is 0 Å². The fourth-order valence-corrected chi connectivity index (χ4v) is 2.02. The lowest BCUT2D eigenvalue weighted by molar-refractivity contribution is 0.102. The van der Waals surface area contributed by atoms with E-state index in [1.54, 1.807) is 24.5 Å². The third kappa shape index (κ3) is 2.29. The van der Waals surface area contributed by atoms with Crippen molar-refractivity contribution in [2.24, 2.45) is 0 Å². The average Bonchev–Trinajstić information content (AvgIpc) is 2.47. The summed E-state index contributed by atoms with van der Waals surface area (Å²) in [6.45, 7) is 0. The summed E-state index contributed by atoms with van der Waals surface area (Å²) in [5.41, 5.74) is 6.80. The van der Waals surface area contributed by atoms with Crippen molar-refractivity contribution in [3.8, 4) is 0 Å². The van der Waals surface area contributed by atoms with E-state index < -0.39 is 0 Å². The van der Waals surface area contributed by atoms with Gasteiger partial charge >= 0.3 is 0 Å². The third-order valence-corrected chi connectivity index (χ3v) is 2.97. The molecule has 20 heavy (non-hydrogen) atoms. The lowest BCUT2D eigenvalue weighted by atomic mass is 10.1. The number of aromatic nitrogens is 2. The molecule has 5 heteroatoms. The highest BCUT2D eigenvalue weighted by Gasteiger charge is 2.08. The molecule has 1 aromatic carbocycles. The molecule has 0 atom stereocenters. The van der Waals surface area contributed by atoms with Gasteiger partial charge in [0.2, 0.25) is 0 Å². The number of amides is 1. The maximum Gasteiger partial charge on any atom is 0.255 e. The average molecular weight is 264 g/mol. The molecule has 98 valence electrons. The molecule has 0 bridgehead atoms. The Hall–Kier alpha value is -2.95. The largest absolute Gasteiger partial charge is 0.384 e. The normalized spacial score (nSPS) is 10.4. The number of anilines is 2. The Bertz CT molecular complexity index is 780. The van der Waals surface area contributed by atoms with Gasteiger partial charge in [-0.05, 0) is 24.3 Å². The molecule has 3 aromatic rings. The van der Waals surface area contributed by atoms with Crippen LogP contribution in [0.4, 0.5) is 11.5 Å². The van der Waals surface area contributed by atoms with Gasteiger partial charge in [-0.25, -0.2) is 4.98 Å². The Morgan fingerprint density at radius 1 is 1.15 bits per heavy atom. The van der Waals surface area contributed by atoms with E-state index in [1.807, 2.05) is 24.3 Å². The molecule has 3 rings (SSSR count). The topological polar surface area (TPSA) is 80.9 Å². The van der Waals surface area contributed by atoms with E-state index in [-0.39, 0.29) is 5.91 Å². The Morgan fingerprint density at radius 3 is 2.90 bits per heavy atom. The smallest absolute Gasteiger partial charge is 0.255 e. The molecule has 1 amide bonds. The van der Waals surface area contributed by atoms with E-state index in [9.17, 15) is 4.79 Å². The van der Waals surface area contributed by atoms with Crippen LogP contribution >= 0.6 is 0 Å². The number of carbonyl (C=O) groups excluding carboxylic acids is 1. The van der Waals surface area contributed by atoms with Gasteiger partial charge in [0.05, 0.1) is 0 Å². The van der Waals surface area contributed by atoms with Crippen LogP contribution < -0.4 is 11.1 Å². The number of rotatable bonds is 2. The fraction of sp³-hybridized carbons (Fsp3) is 0. The van der Waals surface area contributed by atoms with Crippen LogP contribution in [-0.4, -0.2) is 15.9 Å². The predicted molar refractivity (Wildman–Crippen MR) is 78.3 cm³/mol. The maximum atomic E-state index is 12.2. The number of carbonyl (C=O) groups is 1. The van der Waals surface area contributed by atoms with Crippen molar-refractivity contribution in [2.75, 3.05) is 11.1 Å². The Labute approximate surface area is 115 Å². The maximum absolute atomic E-state index is 12.2. The van der Waals surface area contributed by atoms with Gasteiger partial charge < -0.3 is 11.1 Å². The summed E-state index contributed by atoms with van der Waals surface area (Å²) in [5.74, 6) is 0.100. The molecule has 0 fully saturated rings. The van der Waals surface area contributed by atoms with Crippen molar-refractivity contribution in [3.05, 3.63) is 60.6 Å². The summed E-state index contributed by atoms with van der Waals surface area (Å²) in [6.07, 6.45) is 4.97. The highest BCUT2D eigenvalue weighted by molar-refractivity contribution is 6.09. The van der Waals surface area contributed by atoms with Crippen molar-refractivity contribution < 1.29 is 4.79 Å². The number of hydrogen-bond acceptors (Lipinski definition) is 4. The molecule has 2 heterocycles. The van der Waals surface area contributed by atoms with Gasteiger partial charge in [0.25, 0.3) is 5.91 Å². The molecular formula is C15H12N4O. The van der Waals surface area contributed by atoms with Crippen molar-refractivity contribution in [1.29, 1.82) is 0 Å². The van der Waals surface area contributed by atoms with Crippen LogP contribution in [0.25, 0.3) is 10.8 Å². The second-order valence-corrected chi connectivity index (χ2v) is 4.33. The van der Waals surface area contributed by atoms with Crippen LogP contribution in [0.15, 0.2) is 55.0 Å². The van der Waals surface area contributed by atoms with E-state index in [0.717, 1.165) is 16.5 Å². The molecule has 2 aromatic heterocycles. The molecule has 0 saturated carbocycles. The summed E-state index contributed by atoms with van der Waals surface area (Å²) < 4.78 is 0. The number of pyridine rings is 2. The van der Waals surface area contributed by atoms with Crippen molar-refractivity contribution in [1.82, 2.24) is 9.97 Å². The van der Waals surface area contributed by atoms with E-state index in [4.69, 9.17) is 5.73 Å². The van der Waals surface area contributed by atoms with Gasteiger partial charge in [-0.1, -0.05) is 12.1 Å². The molecule has 5 nitrogen and oxygen atoms in total. The lowest BCUT2D eigenvalue weighted by Crippen LogP contribution is -2.12. The summed E-state index contributed by atoms with van der Waals surface area (Å²) in [7, 11) is 0. The van der Waals surface area contributed by atoms with E-state index >= 15 is 0 Å². The molecular weight excluding hydrogens is 252 g/mol. The molecule has 0 spiro atoms. The number of hydrogen-bond donors (Lipinski definition) is 2. The molecule has 0 radical (unpaired) electrons. The lowest BCUT2D eigenvalue weighted by Gasteiger charge is -2.08. The van der Waals surface area contributed by atoms with Crippen molar-refractivity contribution >= 4 is 28.2 Å². The predicted octanol–water partition coefficient (Wildman–Crippen LogP) is 2.46. The zero-order valence-corrected chi connectivity index (χ0v) is 10.6. The minimum Gasteiger partial charge on any atom is -0.384 e. The Morgan fingerprint density at radius 2 is 2.05 bits per heavy atom.